The molecule has 0 aliphatic rings. The lowest BCUT2D eigenvalue weighted by molar-refractivity contribution is -0.135. The van der Waals surface area contributed by atoms with E-state index in [0.29, 0.717) is 17.0 Å². The molecule has 0 saturated heterocycles. The summed E-state index contributed by atoms with van der Waals surface area (Å²) in [7, 11) is -2.50. The second-order valence-corrected chi connectivity index (χ2v) is 6.73. The summed E-state index contributed by atoms with van der Waals surface area (Å²) in [5.41, 5.74) is 0.945. The number of hydrogen-bond donors (Lipinski definition) is 1. The van der Waals surface area contributed by atoms with Crippen molar-refractivity contribution in [2.75, 3.05) is 18.0 Å². The monoisotopic (exact) mass is 335 g/mol. The van der Waals surface area contributed by atoms with Gasteiger partial charge in [0.15, 0.2) is 0 Å². The quantitative estimate of drug-likeness (QED) is 0.875. The molecule has 2 aromatic carbocycles. The highest BCUT2D eigenvalue weighted by Gasteiger charge is 2.27. The predicted octanol–water partition coefficient (Wildman–Crippen LogP) is 2.28. The van der Waals surface area contributed by atoms with E-state index in [1.165, 1.54) is 19.2 Å². The Balaban J connectivity index is 2.52. The van der Waals surface area contributed by atoms with E-state index < -0.39 is 22.5 Å². The van der Waals surface area contributed by atoms with Gasteiger partial charge in [0.2, 0.25) is 0 Å². The summed E-state index contributed by atoms with van der Waals surface area (Å²) in [6.45, 7) is 1.07. The number of ether oxygens (including phenoxy) is 1. The number of hydrogen-bond acceptors (Lipinski definition) is 4. The van der Waals surface area contributed by atoms with Crippen LogP contribution in [-0.4, -0.2) is 33.1 Å². The van der Waals surface area contributed by atoms with Gasteiger partial charge in [0.1, 0.15) is 12.3 Å². The molecule has 0 aromatic heterocycles. The van der Waals surface area contributed by atoms with Crippen molar-refractivity contribution in [3.8, 4) is 5.75 Å². The first-order valence-electron chi connectivity index (χ1n) is 6.80. The van der Waals surface area contributed by atoms with E-state index in [1.54, 1.807) is 43.3 Å². The molecule has 0 amide bonds. The summed E-state index contributed by atoms with van der Waals surface area (Å²) in [6, 6.07) is 12.6. The second kappa shape index (κ2) is 6.70. The maximum Gasteiger partial charge on any atom is 0.324 e. The lowest BCUT2D eigenvalue weighted by atomic mass is 10.2. The first kappa shape index (κ1) is 16.8. The predicted molar refractivity (Wildman–Crippen MR) is 86.3 cm³/mol. The van der Waals surface area contributed by atoms with Crippen molar-refractivity contribution < 1.29 is 23.1 Å². The Morgan fingerprint density at radius 2 is 1.83 bits per heavy atom. The van der Waals surface area contributed by atoms with Crippen molar-refractivity contribution in [2.24, 2.45) is 0 Å². The molecule has 23 heavy (non-hydrogen) atoms. The summed E-state index contributed by atoms with van der Waals surface area (Å²) < 4.78 is 31.7. The van der Waals surface area contributed by atoms with Gasteiger partial charge < -0.3 is 9.84 Å². The number of aliphatic carboxylic acids is 1. The van der Waals surface area contributed by atoms with Gasteiger partial charge in [-0.1, -0.05) is 18.2 Å². The number of carboxylic acid groups (broad SMARTS) is 1. The zero-order valence-electron chi connectivity index (χ0n) is 12.8. The van der Waals surface area contributed by atoms with Crippen LogP contribution in [0.4, 0.5) is 5.69 Å². The molecular formula is C16H17NO5S. The van der Waals surface area contributed by atoms with Gasteiger partial charge in [0, 0.05) is 0 Å². The zero-order chi connectivity index (χ0) is 17.0. The standard InChI is InChI=1S/C16H17NO5S/c1-12-10-14(8-9-15(12)22-2)23(20,21)17(11-16(18)19)13-6-4-3-5-7-13/h3-10H,11H2,1-2H3,(H,18,19). The summed E-state index contributed by atoms with van der Waals surface area (Å²) in [4.78, 5) is 11.1. The maximum absolute atomic E-state index is 12.8. The van der Waals surface area contributed by atoms with E-state index in [1.807, 2.05) is 0 Å². The Hall–Kier alpha value is -2.54. The molecule has 0 heterocycles. The molecule has 0 radical (unpaired) electrons. The van der Waals surface area contributed by atoms with Crippen LogP contribution in [-0.2, 0) is 14.8 Å². The number of carboxylic acids is 1. The molecule has 1 N–H and O–H groups in total. The summed E-state index contributed by atoms with van der Waals surface area (Å²) in [6.07, 6.45) is 0. The molecule has 0 aliphatic heterocycles. The Kier molecular flexibility index (Phi) is 4.90. The molecule has 0 fully saturated rings. The number of sulfonamides is 1. The van der Waals surface area contributed by atoms with E-state index in [-0.39, 0.29) is 4.90 Å². The van der Waals surface area contributed by atoms with Crippen molar-refractivity contribution in [1.29, 1.82) is 0 Å². The maximum atomic E-state index is 12.8. The number of benzene rings is 2. The van der Waals surface area contributed by atoms with Gasteiger partial charge in [-0.15, -0.1) is 0 Å². The first-order chi connectivity index (χ1) is 10.9. The summed E-state index contributed by atoms with van der Waals surface area (Å²) >= 11 is 0. The molecule has 6 nitrogen and oxygen atoms in total. The van der Waals surface area contributed by atoms with E-state index in [0.717, 1.165) is 4.31 Å². The van der Waals surface area contributed by atoms with Gasteiger partial charge in [0.05, 0.1) is 17.7 Å². The largest absolute Gasteiger partial charge is 0.496 e. The van der Waals surface area contributed by atoms with Crippen LogP contribution < -0.4 is 9.04 Å². The third-order valence-electron chi connectivity index (χ3n) is 3.28. The fourth-order valence-corrected chi connectivity index (χ4v) is 3.67. The highest BCUT2D eigenvalue weighted by Crippen LogP contribution is 2.27. The average molecular weight is 335 g/mol. The minimum atomic E-state index is -4.00. The third-order valence-corrected chi connectivity index (χ3v) is 5.05. The topological polar surface area (TPSA) is 83.9 Å². The number of rotatable bonds is 6. The summed E-state index contributed by atoms with van der Waals surface area (Å²) in [5.74, 6) is -0.670. The minimum absolute atomic E-state index is 0.0147. The van der Waals surface area contributed by atoms with Crippen molar-refractivity contribution >= 4 is 21.7 Å². The lowest BCUT2D eigenvalue weighted by Gasteiger charge is -2.23. The van der Waals surface area contributed by atoms with Gasteiger partial charge in [0.25, 0.3) is 10.0 Å². The van der Waals surface area contributed by atoms with Gasteiger partial charge in [-0.05, 0) is 42.8 Å². The number of aryl methyl sites for hydroxylation is 1. The minimum Gasteiger partial charge on any atom is -0.496 e. The van der Waals surface area contributed by atoms with Crippen molar-refractivity contribution in [2.45, 2.75) is 11.8 Å². The Morgan fingerprint density at radius 3 is 2.35 bits per heavy atom. The Morgan fingerprint density at radius 1 is 1.17 bits per heavy atom. The number of para-hydroxylation sites is 1. The van der Waals surface area contributed by atoms with Crippen LogP contribution in [0.5, 0.6) is 5.75 Å². The van der Waals surface area contributed by atoms with Crippen LogP contribution in [0.2, 0.25) is 0 Å². The van der Waals surface area contributed by atoms with Crippen LogP contribution >= 0.6 is 0 Å². The van der Waals surface area contributed by atoms with Gasteiger partial charge in [-0.2, -0.15) is 0 Å². The van der Waals surface area contributed by atoms with E-state index in [2.05, 4.69) is 0 Å². The van der Waals surface area contributed by atoms with Crippen molar-refractivity contribution in [3.63, 3.8) is 0 Å². The van der Waals surface area contributed by atoms with Crippen LogP contribution in [0.25, 0.3) is 0 Å². The van der Waals surface area contributed by atoms with Gasteiger partial charge in [-0.25, -0.2) is 8.42 Å². The molecule has 0 spiro atoms. The van der Waals surface area contributed by atoms with Crippen molar-refractivity contribution in [1.82, 2.24) is 0 Å². The Labute approximate surface area is 135 Å². The molecule has 0 unspecified atom stereocenters. The lowest BCUT2D eigenvalue weighted by Crippen LogP contribution is -2.35. The fourth-order valence-electron chi connectivity index (χ4n) is 2.17. The molecule has 2 rings (SSSR count). The molecule has 2 aromatic rings. The molecule has 7 heteroatoms. The smallest absolute Gasteiger partial charge is 0.324 e. The molecule has 0 bridgehead atoms. The number of anilines is 1. The third kappa shape index (κ3) is 3.62. The van der Waals surface area contributed by atoms with Crippen molar-refractivity contribution in [3.05, 3.63) is 54.1 Å². The molecule has 0 aliphatic carbocycles. The van der Waals surface area contributed by atoms with Crippen LogP contribution in [0.3, 0.4) is 0 Å². The van der Waals surface area contributed by atoms with Gasteiger partial charge in [-0.3, -0.25) is 9.10 Å². The molecule has 0 atom stereocenters. The molecular weight excluding hydrogens is 318 g/mol. The second-order valence-electron chi connectivity index (χ2n) is 4.87. The Bertz CT molecular complexity index is 802. The summed E-state index contributed by atoms with van der Waals surface area (Å²) in [5, 5.41) is 9.07. The van der Waals surface area contributed by atoms with E-state index in [9.17, 15) is 13.2 Å². The highest BCUT2D eigenvalue weighted by atomic mass is 32.2. The molecule has 122 valence electrons. The van der Waals surface area contributed by atoms with Crippen LogP contribution in [0, 0.1) is 6.92 Å². The van der Waals surface area contributed by atoms with E-state index in [4.69, 9.17) is 9.84 Å². The van der Waals surface area contributed by atoms with Gasteiger partial charge >= 0.3 is 5.97 Å². The zero-order valence-corrected chi connectivity index (χ0v) is 13.6. The number of carbonyl (C=O) groups is 1. The fraction of sp³-hybridized carbons (Fsp3) is 0.188. The number of methoxy groups -OCH3 is 1. The van der Waals surface area contributed by atoms with Crippen LogP contribution in [0.1, 0.15) is 5.56 Å². The highest BCUT2D eigenvalue weighted by molar-refractivity contribution is 7.92. The van der Waals surface area contributed by atoms with E-state index >= 15 is 0 Å². The first-order valence-corrected chi connectivity index (χ1v) is 8.24. The number of nitrogens with zero attached hydrogens (tertiary/aromatic N) is 1. The van der Waals surface area contributed by atoms with Crippen LogP contribution in [0.15, 0.2) is 53.4 Å². The average Bonchev–Trinajstić information content (AvgIpc) is 2.53. The SMILES string of the molecule is COc1ccc(S(=O)(=O)N(CC(=O)O)c2ccccc2)cc1C. The molecule has 0 saturated carbocycles. The normalized spacial score (nSPS) is 11.0.